The number of aryl methyl sites for hydroxylation is 1. The van der Waals surface area contributed by atoms with Crippen LogP contribution in [0.5, 0.6) is 0 Å². The smallest absolute Gasteiger partial charge is 0.308 e. The van der Waals surface area contributed by atoms with Crippen LogP contribution in [0, 0.1) is 16.7 Å². The first-order chi connectivity index (χ1) is 13.0. The molecule has 27 heavy (non-hydrogen) atoms. The standard InChI is InChI=1S/C23H25N3O/c1-4-16-10-12-18(13-11-16)25-22(27)26-21-19-9-7-6-8-17(19)14-23(3,5-2)20(21)15-24/h6-13H,4-5,14H2,1-3H3,(H2,25,26,27)/t23-/m1/s1. The zero-order valence-electron chi connectivity index (χ0n) is 16.1. The van der Waals surface area contributed by atoms with Crippen LogP contribution >= 0.6 is 0 Å². The van der Waals surface area contributed by atoms with Crippen molar-refractivity contribution in [3.63, 3.8) is 0 Å². The highest BCUT2D eigenvalue weighted by atomic mass is 16.2. The molecule has 2 aromatic carbocycles. The third kappa shape index (κ3) is 3.73. The molecule has 0 aliphatic heterocycles. The van der Waals surface area contributed by atoms with E-state index in [-0.39, 0.29) is 11.4 Å². The van der Waals surface area contributed by atoms with E-state index >= 15 is 0 Å². The number of hydrogen-bond acceptors (Lipinski definition) is 2. The summed E-state index contributed by atoms with van der Waals surface area (Å²) in [6, 6.07) is 17.8. The van der Waals surface area contributed by atoms with Gasteiger partial charge in [-0.15, -0.1) is 0 Å². The molecule has 3 rings (SSSR count). The van der Waals surface area contributed by atoms with Gasteiger partial charge in [-0.05, 0) is 42.5 Å². The van der Waals surface area contributed by atoms with Gasteiger partial charge in [-0.25, -0.2) is 4.79 Å². The van der Waals surface area contributed by atoms with Gasteiger partial charge in [-0.3, -0.25) is 0 Å². The predicted octanol–water partition coefficient (Wildman–Crippen LogP) is 5.28. The number of benzene rings is 2. The van der Waals surface area contributed by atoms with Crippen molar-refractivity contribution >= 4 is 17.4 Å². The van der Waals surface area contributed by atoms with E-state index in [1.54, 1.807) is 0 Å². The molecule has 1 atom stereocenters. The maximum atomic E-state index is 12.6. The zero-order valence-corrected chi connectivity index (χ0v) is 16.1. The Hall–Kier alpha value is -3.06. The van der Waals surface area contributed by atoms with Gasteiger partial charge in [0.2, 0.25) is 0 Å². The number of carbonyl (C=O) groups is 1. The molecule has 138 valence electrons. The Morgan fingerprint density at radius 3 is 2.44 bits per heavy atom. The molecule has 0 aromatic heterocycles. The quantitative estimate of drug-likeness (QED) is 0.780. The second-order valence-electron chi connectivity index (χ2n) is 7.24. The lowest BCUT2D eigenvalue weighted by molar-refractivity contribution is 0.255. The van der Waals surface area contributed by atoms with E-state index in [4.69, 9.17) is 0 Å². The number of fused-ring (bicyclic) bond motifs is 1. The number of carbonyl (C=O) groups excluding carboxylic acids is 1. The van der Waals surface area contributed by atoms with E-state index in [0.717, 1.165) is 36.1 Å². The van der Waals surface area contributed by atoms with E-state index in [1.165, 1.54) is 5.56 Å². The minimum absolute atomic E-state index is 0.283. The first-order valence-corrected chi connectivity index (χ1v) is 9.40. The van der Waals surface area contributed by atoms with Crippen LogP contribution in [0.2, 0.25) is 0 Å². The summed E-state index contributed by atoms with van der Waals surface area (Å²) in [5.41, 5.74) is 5.00. The Kier molecular flexibility index (Phi) is 5.32. The summed E-state index contributed by atoms with van der Waals surface area (Å²) < 4.78 is 0. The maximum absolute atomic E-state index is 12.6. The largest absolute Gasteiger partial charge is 0.323 e. The molecular formula is C23H25N3O. The molecule has 2 N–H and O–H groups in total. The SMILES string of the molecule is CCc1ccc(NC(=O)NC2=C(C#N)[C@](C)(CC)Cc3ccccc32)cc1. The predicted molar refractivity (Wildman–Crippen MR) is 109 cm³/mol. The Morgan fingerprint density at radius 2 is 1.81 bits per heavy atom. The first kappa shape index (κ1) is 18.7. The molecule has 0 bridgehead atoms. The van der Waals surface area contributed by atoms with Gasteiger partial charge in [0.25, 0.3) is 0 Å². The summed E-state index contributed by atoms with van der Waals surface area (Å²) in [6.07, 6.45) is 2.58. The van der Waals surface area contributed by atoms with Gasteiger partial charge in [-0.2, -0.15) is 5.26 Å². The topological polar surface area (TPSA) is 64.9 Å². The van der Waals surface area contributed by atoms with E-state index in [9.17, 15) is 10.1 Å². The van der Waals surface area contributed by atoms with Crippen LogP contribution in [-0.4, -0.2) is 6.03 Å². The van der Waals surface area contributed by atoms with Crippen LogP contribution in [0.3, 0.4) is 0 Å². The fourth-order valence-corrected chi connectivity index (χ4v) is 3.59. The van der Waals surface area contributed by atoms with Gasteiger partial charge in [0.1, 0.15) is 0 Å². The molecule has 0 heterocycles. The molecule has 4 heteroatoms. The number of amides is 2. The summed E-state index contributed by atoms with van der Waals surface area (Å²) >= 11 is 0. The van der Waals surface area contributed by atoms with Crippen LogP contribution in [0.15, 0.2) is 54.1 Å². The average Bonchev–Trinajstić information content (AvgIpc) is 2.68. The molecule has 4 nitrogen and oxygen atoms in total. The Bertz CT molecular complexity index is 921. The van der Waals surface area contributed by atoms with Crippen molar-refractivity contribution in [3.05, 3.63) is 70.8 Å². The van der Waals surface area contributed by atoms with Crippen molar-refractivity contribution in [2.24, 2.45) is 5.41 Å². The lowest BCUT2D eigenvalue weighted by Crippen LogP contribution is -2.35. The number of hydrogen-bond donors (Lipinski definition) is 2. The summed E-state index contributed by atoms with van der Waals surface area (Å²) in [5.74, 6) is 0. The summed E-state index contributed by atoms with van der Waals surface area (Å²) in [4.78, 5) is 12.6. The van der Waals surface area contributed by atoms with E-state index in [2.05, 4.69) is 43.5 Å². The lowest BCUT2D eigenvalue weighted by atomic mass is 9.69. The van der Waals surface area contributed by atoms with Gasteiger partial charge in [0, 0.05) is 16.7 Å². The number of nitrogens with one attached hydrogen (secondary N) is 2. The van der Waals surface area contributed by atoms with E-state index in [0.29, 0.717) is 11.3 Å². The molecule has 0 saturated carbocycles. The van der Waals surface area contributed by atoms with Crippen LogP contribution in [0.4, 0.5) is 10.5 Å². The molecule has 1 aliphatic rings. The second kappa shape index (κ2) is 7.67. The molecule has 0 fully saturated rings. The minimum atomic E-state index is -0.336. The number of rotatable bonds is 4. The van der Waals surface area contributed by atoms with E-state index < -0.39 is 0 Å². The van der Waals surface area contributed by atoms with Gasteiger partial charge in [0.15, 0.2) is 0 Å². The highest BCUT2D eigenvalue weighted by molar-refractivity contribution is 5.97. The lowest BCUT2D eigenvalue weighted by Gasteiger charge is -2.35. The zero-order chi connectivity index (χ0) is 19.4. The summed E-state index contributed by atoms with van der Waals surface area (Å²) in [6.45, 7) is 6.26. The Labute approximate surface area is 160 Å². The van der Waals surface area contributed by atoms with Crippen molar-refractivity contribution in [1.29, 1.82) is 5.26 Å². The molecule has 2 amide bonds. The highest BCUT2D eigenvalue weighted by Gasteiger charge is 2.36. The molecule has 0 radical (unpaired) electrons. The van der Waals surface area contributed by atoms with E-state index in [1.807, 2.05) is 42.5 Å². The molecule has 2 aromatic rings. The van der Waals surface area contributed by atoms with Gasteiger partial charge < -0.3 is 10.6 Å². The third-order valence-electron chi connectivity index (χ3n) is 5.47. The molecule has 0 spiro atoms. The first-order valence-electron chi connectivity index (χ1n) is 9.40. The van der Waals surface area contributed by atoms with Gasteiger partial charge in [0.05, 0.1) is 17.3 Å². The number of allylic oxidation sites excluding steroid dienone is 1. The van der Waals surface area contributed by atoms with Crippen LogP contribution in [-0.2, 0) is 12.8 Å². The van der Waals surface area contributed by atoms with Crippen LogP contribution in [0.25, 0.3) is 5.70 Å². The number of anilines is 1. The Balaban J connectivity index is 1.91. The van der Waals surface area contributed by atoms with Crippen LogP contribution < -0.4 is 10.6 Å². The normalized spacial score (nSPS) is 18.4. The van der Waals surface area contributed by atoms with Crippen molar-refractivity contribution in [3.8, 4) is 6.07 Å². The Morgan fingerprint density at radius 1 is 1.11 bits per heavy atom. The average molecular weight is 359 g/mol. The van der Waals surface area contributed by atoms with Crippen molar-refractivity contribution < 1.29 is 4.79 Å². The summed E-state index contributed by atoms with van der Waals surface area (Å²) in [5, 5.41) is 15.7. The minimum Gasteiger partial charge on any atom is -0.308 e. The fourth-order valence-electron chi connectivity index (χ4n) is 3.59. The highest BCUT2D eigenvalue weighted by Crippen LogP contribution is 2.43. The monoisotopic (exact) mass is 359 g/mol. The van der Waals surface area contributed by atoms with Gasteiger partial charge >= 0.3 is 6.03 Å². The summed E-state index contributed by atoms with van der Waals surface area (Å²) in [7, 11) is 0. The second-order valence-corrected chi connectivity index (χ2v) is 7.24. The van der Waals surface area contributed by atoms with Crippen molar-refractivity contribution in [2.75, 3.05) is 5.32 Å². The van der Waals surface area contributed by atoms with Crippen molar-refractivity contribution in [1.82, 2.24) is 5.32 Å². The van der Waals surface area contributed by atoms with Crippen molar-refractivity contribution in [2.45, 2.75) is 40.0 Å². The third-order valence-corrected chi connectivity index (χ3v) is 5.47. The van der Waals surface area contributed by atoms with Crippen LogP contribution in [0.1, 0.15) is 43.9 Å². The number of nitrogens with zero attached hydrogens (tertiary/aromatic N) is 1. The molecule has 0 saturated heterocycles. The molecule has 0 unspecified atom stereocenters. The number of nitriles is 1. The molecule has 1 aliphatic carbocycles. The number of urea groups is 1. The maximum Gasteiger partial charge on any atom is 0.323 e. The van der Waals surface area contributed by atoms with Gasteiger partial charge in [-0.1, -0.05) is 57.2 Å². The molecular weight excluding hydrogens is 334 g/mol. The fraction of sp³-hybridized carbons (Fsp3) is 0.304.